The maximum atomic E-state index is 10.5. The van der Waals surface area contributed by atoms with Gasteiger partial charge in [-0.1, -0.05) is 18.2 Å². The number of nitrogens with one attached hydrogen (secondary N) is 1. The second-order valence-corrected chi connectivity index (χ2v) is 4.05. The Labute approximate surface area is 107 Å². The Balaban J connectivity index is 2.04. The summed E-state index contributed by atoms with van der Waals surface area (Å²) in [6.45, 7) is 1.34. The van der Waals surface area contributed by atoms with Crippen molar-refractivity contribution >= 4 is 5.91 Å². The highest BCUT2D eigenvalue weighted by molar-refractivity contribution is 5.73. The molecule has 18 heavy (non-hydrogen) atoms. The number of rotatable bonds is 9. The quantitative estimate of drug-likeness (QED) is 0.551. The highest BCUT2D eigenvalue weighted by atomic mass is 16.5. The number of hydrogen-bond donors (Lipinski definition) is 3. The first-order chi connectivity index (χ1) is 8.68. The standard InChI is InChI=1S/C13H20N2O3/c14-13(17)7-4-8-15-9-11(16)10-18-12-5-2-1-3-6-12/h1-3,5-6,11,15-16H,4,7-10H2,(H2,14,17). The Kier molecular flexibility index (Phi) is 6.83. The van der Waals surface area contributed by atoms with Crippen LogP contribution < -0.4 is 15.8 Å². The molecule has 1 aromatic rings. The Bertz CT molecular complexity index is 343. The Hall–Kier alpha value is -1.59. The van der Waals surface area contributed by atoms with Crippen molar-refractivity contribution < 1.29 is 14.6 Å². The molecule has 0 aromatic heterocycles. The van der Waals surface area contributed by atoms with Crippen molar-refractivity contribution in [3.63, 3.8) is 0 Å². The van der Waals surface area contributed by atoms with Crippen LogP contribution in [0.5, 0.6) is 5.75 Å². The summed E-state index contributed by atoms with van der Waals surface area (Å²) in [5, 5.41) is 12.7. The van der Waals surface area contributed by atoms with Gasteiger partial charge >= 0.3 is 0 Å². The van der Waals surface area contributed by atoms with Crippen LogP contribution in [0.1, 0.15) is 12.8 Å². The van der Waals surface area contributed by atoms with Crippen molar-refractivity contribution in [3.8, 4) is 5.75 Å². The summed E-state index contributed by atoms with van der Waals surface area (Å²) in [7, 11) is 0. The third-order valence-electron chi connectivity index (χ3n) is 2.34. The zero-order valence-electron chi connectivity index (χ0n) is 10.3. The summed E-state index contributed by atoms with van der Waals surface area (Å²) in [6, 6.07) is 9.34. The highest BCUT2D eigenvalue weighted by Crippen LogP contribution is 2.08. The van der Waals surface area contributed by atoms with Crippen LogP contribution in [0.3, 0.4) is 0 Å². The number of carbonyl (C=O) groups excluding carboxylic acids is 1. The van der Waals surface area contributed by atoms with Crippen molar-refractivity contribution in [2.45, 2.75) is 18.9 Å². The lowest BCUT2D eigenvalue weighted by Gasteiger charge is -2.13. The van der Waals surface area contributed by atoms with E-state index in [0.717, 1.165) is 5.75 Å². The number of primary amides is 1. The van der Waals surface area contributed by atoms with E-state index in [1.807, 2.05) is 30.3 Å². The molecule has 1 rings (SSSR count). The second-order valence-electron chi connectivity index (χ2n) is 4.05. The lowest BCUT2D eigenvalue weighted by atomic mass is 10.3. The first-order valence-corrected chi connectivity index (χ1v) is 6.03. The number of nitrogens with two attached hydrogens (primary N) is 1. The van der Waals surface area contributed by atoms with Gasteiger partial charge in [-0.2, -0.15) is 0 Å². The Morgan fingerprint density at radius 3 is 2.78 bits per heavy atom. The van der Waals surface area contributed by atoms with Gasteiger partial charge in [-0.3, -0.25) is 4.79 Å². The van der Waals surface area contributed by atoms with E-state index in [9.17, 15) is 9.90 Å². The van der Waals surface area contributed by atoms with Crippen molar-refractivity contribution in [1.82, 2.24) is 5.32 Å². The van der Waals surface area contributed by atoms with Gasteiger partial charge in [-0.25, -0.2) is 0 Å². The molecule has 100 valence electrons. The van der Waals surface area contributed by atoms with Crippen molar-refractivity contribution in [3.05, 3.63) is 30.3 Å². The molecule has 1 aromatic carbocycles. The summed E-state index contributed by atoms with van der Waals surface area (Å²) in [4.78, 5) is 10.5. The van der Waals surface area contributed by atoms with Crippen LogP contribution in [0.15, 0.2) is 30.3 Å². The van der Waals surface area contributed by atoms with Gasteiger partial charge in [-0.05, 0) is 25.1 Å². The number of ether oxygens (including phenoxy) is 1. The minimum atomic E-state index is -0.571. The van der Waals surface area contributed by atoms with Crippen LogP contribution in [0.25, 0.3) is 0 Å². The summed E-state index contributed by atoms with van der Waals surface area (Å²) in [5.74, 6) is 0.440. The molecule has 0 aliphatic carbocycles. The molecule has 0 aliphatic rings. The zero-order chi connectivity index (χ0) is 13.2. The normalized spacial score (nSPS) is 12.1. The summed E-state index contributed by atoms with van der Waals surface area (Å²) >= 11 is 0. The van der Waals surface area contributed by atoms with Crippen LogP contribution in [0, 0.1) is 0 Å². The van der Waals surface area contributed by atoms with E-state index in [2.05, 4.69) is 5.32 Å². The van der Waals surface area contributed by atoms with Crippen LogP contribution in [-0.2, 0) is 4.79 Å². The molecule has 1 amide bonds. The molecule has 5 nitrogen and oxygen atoms in total. The van der Waals surface area contributed by atoms with Gasteiger partial charge in [0.05, 0.1) is 0 Å². The van der Waals surface area contributed by atoms with Gasteiger partial charge in [0.2, 0.25) is 5.91 Å². The molecule has 0 bridgehead atoms. The molecule has 1 atom stereocenters. The van der Waals surface area contributed by atoms with Crippen LogP contribution in [0.2, 0.25) is 0 Å². The molecule has 0 spiro atoms. The number of para-hydroxylation sites is 1. The first kappa shape index (κ1) is 14.5. The highest BCUT2D eigenvalue weighted by Gasteiger charge is 2.04. The fourth-order valence-electron chi connectivity index (χ4n) is 1.42. The summed E-state index contributed by atoms with van der Waals surface area (Å²) < 4.78 is 5.40. The molecule has 0 aliphatic heterocycles. The van der Waals surface area contributed by atoms with Gasteiger partial charge in [0.25, 0.3) is 0 Å². The predicted octanol–water partition coefficient (Wildman–Crippen LogP) is 0.281. The van der Waals surface area contributed by atoms with E-state index < -0.39 is 6.10 Å². The third kappa shape index (κ3) is 6.88. The Morgan fingerprint density at radius 1 is 1.39 bits per heavy atom. The fourth-order valence-corrected chi connectivity index (χ4v) is 1.42. The van der Waals surface area contributed by atoms with E-state index in [1.54, 1.807) is 0 Å². The van der Waals surface area contributed by atoms with Gasteiger partial charge in [0.15, 0.2) is 0 Å². The monoisotopic (exact) mass is 252 g/mol. The van der Waals surface area contributed by atoms with Gasteiger partial charge in [0.1, 0.15) is 18.5 Å². The van der Waals surface area contributed by atoms with Gasteiger partial charge in [0, 0.05) is 13.0 Å². The minimum Gasteiger partial charge on any atom is -0.491 e. The molecule has 5 heteroatoms. The van der Waals surface area contributed by atoms with Crippen LogP contribution >= 0.6 is 0 Å². The first-order valence-electron chi connectivity index (χ1n) is 6.03. The van der Waals surface area contributed by atoms with Crippen molar-refractivity contribution in [2.75, 3.05) is 19.7 Å². The van der Waals surface area contributed by atoms with Crippen LogP contribution in [-0.4, -0.2) is 36.8 Å². The largest absolute Gasteiger partial charge is 0.491 e. The molecule has 0 fully saturated rings. The van der Waals surface area contributed by atoms with Crippen LogP contribution in [0.4, 0.5) is 0 Å². The zero-order valence-corrected chi connectivity index (χ0v) is 10.3. The summed E-state index contributed by atoms with van der Waals surface area (Å²) in [6.07, 6.45) is 0.476. The van der Waals surface area contributed by atoms with E-state index >= 15 is 0 Å². The number of amides is 1. The smallest absolute Gasteiger partial charge is 0.217 e. The lowest BCUT2D eigenvalue weighted by molar-refractivity contribution is -0.118. The molecule has 0 heterocycles. The average molecular weight is 252 g/mol. The average Bonchev–Trinajstić information content (AvgIpc) is 2.37. The van der Waals surface area contributed by atoms with E-state index in [0.29, 0.717) is 25.9 Å². The third-order valence-corrected chi connectivity index (χ3v) is 2.34. The SMILES string of the molecule is NC(=O)CCCNCC(O)COc1ccccc1. The van der Waals surface area contributed by atoms with E-state index in [-0.39, 0.29) is 12.5 Å². The maximum absolute atomic E-state index is 10.5. The van der Waals surface area contributed by atoms with Gasteiger partial charge in [-0.15, -0.1) is 0 Å². The fraction of sp³-hybridized carbons (Fsp3) is 0.462. The maximum Gasteiger partial charge on any atom is 0.217 e. The Morgan fingerprint density at radius 2 is 2.11 bits per heavy atom. The topological polar surface area (TPSA) is 84.6 Å². The lowest BCUT2D eigenvalue weighted by Crippen LogP contribution is -2.32. The molecule has 0 radical (unpaired) electrons. The number of carbonyl (C=O) groups is 1. The molecule has 1 unspecified atom stereocenters. The van der Waals surface area contributed by atoms with E-state index in [1.165, 1.54) is 0 Å². The predicted molar refractivity (Wildman–Crippen MR) is 69.2 cm³/mol. The summed E-state index contributed by atoms with van der Waals surface area (Å²) in [5.41, 5.74) is 5.01. The van der Waals surface area contributed by atoms with Crippen molar-refractivity contribution in [2.24, 2.45) is 5.73 Å². The number of aliphatic hydroxyl groups is 1. The second kappa shape index (κ2) is 8.49. The van der Waals surface area contributed by atoms with Gasteiger partial charge < -0.3 is 20.9 Å². The molecule has 0 saturated carbocycles. The number of benzene rings is 1. The van der Waals surface area contributed by atoms with Crippen molar-refractivity contribution in [1.29, 1.82) is 0 Å². The molecular formula is C13H20N2O3. The number of hydrogen-bond acceptors (Lipinski definition) is 4. The molecule has 4 N–H and O–H groups in total. The van der Waals surface area contributed by atoms with E-state index in [4.69, 9.17) is 10.5 Å². The minimum absolute atomic E-state index is 0.243. The molecule has 0 saturated heterocycles. The molecular weight excluding hydrogens is 232 g/mol. The number of aliphatic hydroxyl groups excluding tert-OH is 1.